The molecule has 0 N–H and O–H groups in total. The van der Waals surface area contributed by atoms with Crippen LogP contribution in [0.25, 0.3) is 0 Å². The number of thioether (sulfide) groups is 1. The first-order valence-electron chi connectivity index (χ1n) is 4.43. The van der Waals surface area contributed by atoms with E-state index >= 15 is 0 Å². The van der Waals surface area contributed by atoms with Crippen LogP contribution >= 0.6 is 11.8 Å². The van der Waals surface area contributed by atoms with Crippen molar-refractivity contribution in [2.45, 2.75) is 26.7 Å². The predicted molar refractivity (Wildman–Crippen MR) is 53.8 cm³/mol. The summed E-state index contributed by atoms with van der Waals surface area (Å²) in [7, 11) is 0. The van der Waals surface area contributed by atoms with E-state index in [0.717, 1.165) is 23.8 Å². The van der Waals surface area contributed by atoms with E-state index in [4.69, 9.17) is 0 Å². The number of carbonyl (C=O) groups excluding carboxylic acids is 1. The Morgan fingerprint density at radius 3 is 3.00 bits per heavy atom. The third kappa shape index (κ3) is 2.63. The Morgan fingerprint density at radius 2 is 2.50 bits per heavy atom. The van der Waals surface area contributed by atoms with E-state index in [2.05, 4.69) is 4.99 Å². The van der Waals surface area contributed by atoms with Gasteiger partial charge in [-0.25, -0.2) is 0 Å². The Kier molecular flexibility index (Phi) is 3.79. The first-order chi connectivity index (χ1) is 5.74. The summed E-state index contributed by atoms with van der Waals surface area (Å²) < 4.78 is 0. The van der Waals surface area contributed by atoms with Gasteiger partial charge in [0.1, 0.15) is 5.78 Å². The standard InChI is InChI=1S/C9H15NOS/c1-3-7(2)8(11)6-9-10-4-5-12-9/h7H,3-6H2,1-2H3. The van der Waals surface area contributed by atoms with Crippen molar-refractivity contribution in [3.8, 4) is 0 Å². The second-order valence-electron chi connectivity index (χ2n) is 3.08. The van der Waals surface area contributed by atoms with Crippen molar-refractivity contribution in [1.82, 2.24) is 0 Å². The van der Waals surface area contributed by atoms with Gasteiger partial charge in [-0.3, -0.25) is 9.79 Å². The van der Waals surface area contributed by atoms with Gasteiger partial charge in [-0.2, -0.15) is 0 Å². The molecule has 1 aliphatic heterocycles. The van der Waals surface area contributed by atoms with Crippen LogP contribution in [0.2, 0.25) is 0 Å². The van der Waals surface area contributed by atoms with Crippen molar-refractivity contribution in [1.29, 1.82) is 0 Å². The van der Waals surface area contributed by atoms with Crippen LogP contribution in [0, 0.1) is 5.92 Å². The molecule has 0 radical (unpaired) electrons. The molecule has 2 nitrogen and oxygen atoms in total. The molecule has 0 aromatic carbocycles. The molecule has 1 atom stereocenters. The van der Waals surface area contributed by atoms with Crippen molar-refractivity contribution in [2.24, 2.45) is 10.9 Å². The number of hydrogen-bond acceptors (Lipinski definition) is 3. The highest BCUT2D eigenvalue weighted by atomic mass is 32.2. The largest absolute Gasteiger partial charge is 0.299 e. The number of hydrogen-bond donors (Lipinski definition) is 0. The first-order valence-corrected chi connectivity index (χ1v) is 5.41. The van der Waals surface area contributed by atoms with Gasteiger partial charge in [-0.05, 0) is 6.42 Å². The molecule has 1 aliphatic rings. The van der Waals surface area contributed by atoms with Gasteiger partial charge in [0.05, 0.1) is 11.5 Å². The smallest absolute Gasteiger partial charge is 0.142 e. The molecular formula is C9H15NOS. The van der Waals surface area contributed by atoms with E-state index in [9.17, 15) is 4.79 Å². The zero-order valence-electron chi connectivity index (χ0n) is 7.67. The molecular weight excluding hydrogens is 170 g/mol. The van der Waals surface area contributed by atoms with Gasteiger partial charge < -0.3 is 0 Å². The van der Waals surface area contributed by atoms with Crippen LogP contribution in [0.3, 0.4) is 0 Å². The van der Waals surface area contributed by atoms with Gasteiger partial charge in [0.25, 0.3) is 0 Å². The van der Waals surface area contributed by atoms with Gasteiger partial charge >= 0.3 is 0 Å². The molecule has 0 fully saturated rings. The van der Waals surface area contributed by atoms with Gasteiger partial charge in [0, 0.05) is 18.2 Å². The van der Waals surface area contributed by atoms with Crippen LogP contribution in [0.5, 0.6) is 0 Å². The van der Waals surface area contributed by atoms with Gasteiger partial charge in [0.2, 0.25) is 0 Å². The van der Waals surface area contributed by atoms with E-state index in [1.807, 2.05) is 13.8 Å². The Hall–Kier alpha value is -0.310. The van der Waals surface area contributed by atoms with Gasteiger partial charge in [-0.1, -0.05) is 13.8 Å². The zero-order chi connectivity index (χ0) is 8.97. The Labute approximate surface area is 77.8 Å². The van der Waals surface area contributed by atoms with Crippen LogP contribution in [-0.2, 0) is 4.79 Å². The van der Waals surface area contributed by atoms with Gasteiger partial charge in [0.15, 0.2) is 0 Å². The maximum atomic E-state index is 11.4. The lowest BCUT2D eigenvalue weighted by Crippen LogP contribution is -2.12. The molecule has 0 spiro atoms. The molecule has 0 bridgehead atoms. The Balaban J connectivity index is 2.35. The topological polar surface area (TPSA) is 29.4 Å². The Bertz CT molecular complexity index is 201. The van der Waals surface area contributed by atoms with Crippen molar-refractivity contribution in [3.63, 3.8) is 0 Å². The summed E-state index contributed by atoms with van der Waals surface area (Å²) in [4.78, 5) is 15.7. The molecule has 1 heterocycles. The minimum atomic E-state index is 0.203. The van der Waals surface area contributed by atoms with E-state index in [0.29, 0.717) is 12.2 Å². The Morgan fingerprint density at radius 1 is 1.75 bits per heavy atom. The molecule has 0 saturated carbocycles. The quantitative estimate of drug-likeness (QED) is 0.671. The number of carbonyl (C=O) groups is 1. The minimum absolute atomic E-state index is 0.203. The minimum Gasteiger partial charge on any atom is -0.299 e. The summed E-state index contributed by atoms with van der Waals surface area (Å²) in [6.07, 6.45) is 1.51. The average molecular weight is 185 g/mol. The van der Waals surface area contributed by atoms with E-state index in [-0.39, 0.29) is 5.92 Å². The van der Waals surface area contributed by atoms with Crippen LogP contribution in [0.1, 0.15) is 26.7 Å². The van der Waals surface area contributed by atoms with E-state index in [1.165, 1.54) is 0 Å². The second kappa shape index (κ2) is 4.65. The lowest BCUT2D eigenvalue weighted by molar-refractivity contribution is -0.121. The molecule has 68 valence electrons. The van der Waals surface area contributed by atoms with Crippen molar-refractivity contribution in [2.75, 3.05) is 12.3 Å². The summed E-state index contributed by atoms with van der Waals surface area (Å²) >= 11 is 1.73. The highest BCUT2D eigenvalue weighted by Crippen LogP contribution is 2.17. The molecule has 0 amide bonds. The molecule has 0 saturated heterocycles. The molecule has 0 aliphatic carbocycles. The third-order valence-corrected chi connectivity index (χ3v) is 3.13. The monoisotopic (exact) mass is 185 g/mol. The molecule has 3 heteroatoms. The molecule has 1 unspecified atom stereocenters. The fourth-order valence-corrected chi connectivity index (χ4v) is 1.88. The molecule has 1 rings (SSSR count). The number of ketones is 1. The maximum Gasteiger partial charge on any atom is 0.142 e. The molecule has 12 heavy (non-hydrogen) atoms. The maximum absolute atomic E-state index is 11.4. The highest BCUT2D eigenvalue weighted by Gasteiger charge is 2.15. The summed E-state index contributed by atoms with van der Waals surface area (Å²) in [5, 5.41) is 1.04. The first kappa shape index (κ1) is 9.78. The van der Waals surface area contributed by atoms with E-state index in [1.54, 1.807) is 11.8 Å². The third-order valence-electron chi connectivity index (χ3n) is 2.14. The second-order valence-corrected chi connectivity index (χ2v) is 4.24. The zero-order valence-corrected chi connectivity index (χ0v) is 8.49. The van der Waals surface area contributed by atoms with Crippen molar-refractivity contribution < 1.29 is 4.79 Å². The molecule has 0 aromatic heterocycles. The van der Waals surface area contributed by atoms with Gasteiger partial charge in [-0.15, -0.1) is 11.8 Å². The predicted octanol–water partition coefficient (Wildman–Crippen LogP) is 2.14. The van der Waals surface area contributed by atoms with Crippen molar-refractivity contribution in [3.05, 3.63) is 0 Å². The number of aliphatic imine (C=N–C) groups is 1. The fraction of sp³-hybridized carbons (Fsp3) is 0.778. The number of Topliss-reactive ketones (excluding diaryl/α,β-unsaturated/α-hetero) is 1. The number of rotatable bonds is 4. The SMILES string of the molecule is CCC(C)C(=O)CC1=NCCS1. The summed E-state index contributed by atoms with van der Waals surface area (Å²) in [6.45, 7) is 4.93. The van der Waals surface area contributed by atoms with Crippen LogP contribution in [0.4, 0.5) is 0 Å². The van der Waals surface area contributed by atoms with Crippen LogP contribution in [-0.4, -0.2) is 23.1 Å². The highest BCUT2D eigenvalue weighted by molar-refractivity contribution is 8.14. The summed E-state index contributed by atoms with van der Waals surface area (Å²) in [5.41, 5.74) is 0. The number of nitrogens with zero attached hydrogens (tertiary/aromatic N) is 1. The van der Waals surface area contributed by atoms with Crippen LogP contribution < -0.4 is 0 Å². The molecule has 0 aromatic rings. The lowest BCUT2D eigenvalue weighted by atomic mass is 10.0. The van der Waals surface area contributed by atoms with Crippen LogP contribution in [0.15, 0.2) is 4.99 Å². The van der Waals surface area contributed by atoms with Crippen molar-refractivity contribution >= 4 is 22.6 Å². The summed E-state index contributed by atoms with van der Waals surface area (Å²) in [5.74, 6) is 1.60. The fourth-order valence-electron chi connectivity index (χ4n) is 1.04. The normalized spacial score (nSPS) is 19.0. The average Bonchev–Trinajstić information content (AvgIpc) is 2.55. The lowest BCUT2D eigenvalue weighted by Gasteiger charge is -2.05. The summed E-state index contributed by atoms with van der Waals surface area (Å²) in [6, 6.07) is 0. The van der Waals surface area contributed by atoms with E-state index < -0.39 is 0 Å².